The average molecular weight is 494 g/mol. The Labute approximate surface area is 200 Å². The molecule has 1 heterocycles. The van der Waals surface area contributed by atoms with Crippen molar-refractivity contribution in [2.24, 2.45) is 0 Å². The second kappa shape index (κ2) is 10.4. The quantitative estimate of drug-likeness (QED) is 0.387. The molecule has 1 N–H and O–H groups in total. The number of aromatic nitrogens is 1. The fourth-order valence-electron chi connectivity index (χ4n) is 3.56. The highest BCUT2D eigenvalue weighted by molar-refractivity contribution is 6.31. The van der Waals surface area contributed by atoms with Crippen molar-refractivity contribution in [2.75, 3.05) is 6.61 Å². The molecule has 0 aliphatic carbocycles. The van der Waals surface area contributed by atoms with Gasteiger partial charge in [-0.3, -0.25) is 4.98 Å². The molecular weight excluding hydrogens is 471 g/mol. The molecule has 2 atom stereocenters. The lowest BCUT2D eigenvalue weighted by atomic mass is 9.78. The van der Waals surface area contributed by atoms with Gasteiger partial charge in [-0.1, -0.05) is 36.7 Å². The van der Waals surface area contributed by atoms with Gasteiger partial charge in [-0.05, 0) is 60.0 Å². The van der Waals surface area contributed by atoms with Crippen LogP contribution in [0, 0.1) is 0 Å². The molecule has 0 saturated heterocycles. The van der Waals surface area contributed by atoms with Gasteiger partial charge < -0.3 is 14.6 Å². The Hall–Kier alpha value is -3.10. The molecule has 180 valence electrons. The van der Waals surface area contributed by atoms with Crippen LogP contribution in [-0.2, 0) is 16.9 Å². The lowest BCUT2D eigenvalue weighted by Crippen LogP contribution is -2.46. The molecule has 34 heavy (non-hydrogen) atoms. The first kappa shape index (κ1) is 25.5. The summed E-state index contributed by atoms with van der Waals surface area (Å²) in [4.78, 5) is 15.4. The number of rotatable bonds is 8. The topological polar surface area (TPSA) is 68.7 Å². The molecule has 0 saturated carbocycles. The van der Waals surface area contributed by atoms with Crippen molar-refractivity contribution in [1.29, 1.82) is 0 Å². The van der Waals surface area contributed by atoms with Crippen molar-refractivity contribution in [1.82, 2.24) is 4.98 Å². The van der Waals surface area contributed by atoms with E-state index in [4.69, 9.17) is 21.1 Å². The van der Waals surface area contributed by atoms with Crippen molar-refractivity contribution in [3.63, 3.8) is 0 Å². The van der Waals surface area contributed by atoms with Crippen LogP contribution < -0.4 is 4.74 Å². The van der Waals surface area contributed by atoms with Crippen LogP contribution in [0.3, 0.4) is 0 Å². The predicted molar refractivity (Wildman–Crippen MR) is 121 cm³/mol. The third kappa shape index (κ3) is 5.34. The highest BCUT2D eigenvalue weighted by Crippen LogP contribution is 2.49. The molecule has 0 amide bonds. The first-order valence-corrected chi connectivity index (χ1v) is 10.8. The van der Waals surface area contributed by atoms with Gasteiger partial charge in [0.2, 0.25) is 0 Å². The molecule has 1 aromatic heterocycles. The van der Waals surface area contributed by atoms with Crippen molar-refractivity contribution < 1.29 is 32.5 Å². The third-order valence-corrected chi connectivity index (χ3v) is 5.82. The normalized spacial score (nSPS) is 14.2. The highest BCUT2D eigenvalue weighted by Gasteiger charge is 2.58. The number of benzene rings is 2. The van der Waals surface area contributed by atoms with Crippen LogP contribution >= 0.6 is 11.6 Å². The summed E-state index contributed by atoms with van der Waals surface area (Å²) in [5.41, 5.74) is -2.19. The number of nitrogens with zero attached hydrogens (tertiary/aromatic N) is 1. The third-order valence-electron chi connectivity index (χ3n) is 5.49. The summed E-state index contributed by atoms with van der Waals surface area (Å²) < 4.78 is 52.6. The van der Waals surface area contributed by atoms with E-state index in [0.717, 1.165) is 17.7 Å². The van der Waals surface area contributed by atoms with Crippen LogP contribution in [0.15, 0.2) is 67.0 Å². The van der Waals surface area contributed by atoms with E-state index in [1.165, 1.54) is 37.5 Å². The van der Waals surface area contributed by atoms with Crippen LogP contribution in [0.2, 0.25) is 5.02 Å². The molecule has 5 nitrogen and oxygen atoms in total. The number of esters is 1. The summed E-state index contributed by atoms with van der Waals surface area (Å²) in [6.07, 6.45) is -2.57. The number of ether oxygens (including phenoxy) is 2. The van der Waals surface area contributed by atoms with E-state index in [1.54, 1.807) is 31.2 Å². The van der Waals surface area contributed by atoms with Gasteiger partial charge in [0, 0.05) is 23.3 Å². The second-order valence-corrected chi connectivity index (χ2v) is 8.02. The van der Waals surface area contributed by atoms with E-state index in [1.807, 2.05) is 0 Å². The Morgan fingerprint density at radius 1 is 1.09 bits per heavy atom. The summed E-state index contributed by atoms with van der Waals surface area (Å²) >= 11 is 6.31. The van der Waals surface area contributed by atoms with Gasteiger partial charge in [-0.2, -0.15) is 13.2 Å². The van der Waals surface area contributed by atoms with E-state index in [2.05, 4.69) is 4.98 Å². The number of pyridine rings is 1. The van der Waals surface area contributed by atoms with Crippen molar-refractivity contribution in [2.45, 2.75) is 38.1 Å². The van der Waals surface area contributed by atoms with Crippen molar-refractivity contribution in [3.8, 4) is 5.75 Å². The Kier molecular flexibility index (Phi) is 7.84. The van der Waals surface area contributed by atoms with E-state index < -0.39 is 23.7 Å². The molecule has 3 rings (SSSR count). The number of carbonyl (C=O) groups is 1. The van der Waals surface area contributed by atoms with Crippen molar-refractivity contribution in [3.05, 3.63) is 94.3 Å². The maximum absolute atomic E-state index is 14.0. The van der Waals surface area contributed by atoms with Gasteiger partial charge in [0.1, 0.15) is 12.4 Å². The molecule has 2 aromatic carbocycles. The summed E-state index contributed by atoms with van der Waals surface area (Å²) in [6.45, 7) is 3.42. The SMILES string of the molecule is CCOC(=O)c1ccc(COc2ccc(C(C)C(O)(c3ccncc3)C(F)(F)F)c(Cl)c2)cc1. The van der Waals surface area contributed by atoms with Gasteiger partial charge in [0.25, 0.3) is 0 Å². The van der Waals surface area contributed by atoms with Crippen LogP contribution in [0.25, 0.3) is 0 Å². The number of alkyl halides is 3. The first-order valence-electron chi connectivity index (χ1n) is 10.5. The fourth-order valence-corrected chi connectivity index (χ4v) is 3.89. The van der Waals surface area contributed by atoms with E-state index in [-0.39, 0.29) is 29.4 Å². The standard InChI is InChI=1S/C25H23ClF3NO4/c1-3-33-23(31)18-6-4-17(5-7-18)15-34-20-8-9-21(22(26)14-20)16(2)24(32,25(27,28)29)19-10-12-30-13-11-19/h4-14,16,32H,3,15H2,1-2H3. The largest absolute Gasteiger partial charge is 0.489 e. The lowest BCUT2D eigenvalue weighted by molar-refractivity contribution is -0.274. The minimum absolute atomic E-state index is 0.0272. The molecule has 0 aliphatic rings. The number of hydrogen-bond donors (Lipinski definition) is 1. The summed E-state index contributed by atoms with van der Waals surface area (Å²) in [5.74, 6) is -1.49. The van der Waals surface area contributed by atoms with E-state index in [9.17, 15) is 23.1 Å². The second-order valence-electron chi connectivity index (χ2n) is 7.61. The van der Waals surface area contributed by atoms with Crippen LogP contribution in [-0.4, -0.2) is 28.8 Å². The maximum atomic E-state index is 14.0. The van der Waals surface area contributed by atoms with E-state index >= 15 is 0 Å². The monoisotopic (exact) mass is 493 g/mol. The number of aliphatic hydroxyl groups is 1. The molecule has 0 radical (unpaired) electrons. The minimum atomic E-state index is -4.96. The number of hydrogen-bond acceptors (Lipinski definition) is 5. The molecule has 0 aliphatic heterocycles. The molecular formula is C25H23ClF3NO4. The van der Waals surface area contributed by atoms with Gasteiger partial charge in [0.05, 0.1) is 12.2 Å². The first-order chi connectivity index (χ1) is 16.1. The Bertz CT molecular complexity index is 1120. The zero-order valence-electron chi connectivity index (χ0n) is 18.5. The van der Waals surface area contributed by atoms with Crippen LogP contribution in [0.1, 0.15) is 46.8 Å². The zero-order chi connectivity index (χ0) is 24.9. The fraction of sp³-hybridized carbons (Fsp3) is 0.280. The van der Waals surface area contributed by atoms with Crippen LogP contribution in [0.5, 0.6) is 5.75 Å². The Morgan fingerprint density at radius 3 is 2.29 bits per heavy atom. The molecule has 9 heteroatoms. The number of carbonyl (C=O) groups excluding carboxylic acids is 1. The molecule has 3 aromatic rings. The predicted octanol–water partition coefficient (Wildman–Crippen LogP) is 6.04. The minimum Gasteiger partial charge on any atom is -0.489 e. The lowest BCUT2D eigenvalue weighted by Gasteiger charge is -2.36. The highest BCUT2D eigenvalue weighted by atomic mass is 35.5. The average Bonchev–Trinajstić information content (AvgIpc) is 2.82. The molecule has 0 fully saturated rings. The zero-order valence-corrected chi connectivity index (χ0v) is 19.2. The number of halogens is 4. The van der Waals surface area contributed by atoms with Crippen LogP contribution in [0.4, 0.5) is 13.2 Å². The molecule has 0 bridgehead atoms. The van der Waals surface area contributed by atoms with Crippen molar-refractivity contribution >= 4 is 17.6 Å². The van der Waals surface area contributed by atoms with Gasteiger partial charge in [0.15, 0.2) is 5.60 Å². The van der Waals surface area contributed by atoms with Gasteiger partial charge in [-0.25, -0.2) is 4.79 Å². The summed E-state index contributed by atoms with van der Waals surface area (Å²) in [5, 5.41) is 10.8. The van der Waals surface area contributed by atoms with Gasteiger partial charge >= 0.3 is 12.1 Å². The Balaban J connectivity index is 1.77. The molecule has 0 spiro atoms. The molecule has 2 unspecified atom stereocenters. The van der Waals surface area contributed by atoms with E-state index in [0.29, 0.717) is 11.3 Å². The summed E-state index contributed by atoms with van der Waals surface area (Å²) in [7, 11) is 0. The van der Waals surface area contributed by atoms with Gasteiger partial charge in [-0.15, -0.1) is 0 Å². The maximum Gasteiger partial charge on any atom is 0.422 e. The smallest absolute Gasteiger partial charge is 0.422 e. The summed E-state index contributed by atoms with van der Waals surface area (Å²) in [6, 6.07) is 13.2. The Morgan fingerprint density at radius 2 is 1.74 bits per heavy atom.